The fourth-order valence-electron chi connectivity index (χ4n) is 0.843. The summed E-state index contributed by atoms with van der Waals surface area (Å²) in [6.45, 7) is 5.42. The van der Waals surface area contributed by atoms with Crippen molar-refractivity contribution in [3.63, 3.8) is 0 Å². The third-order valence-corrected chi connectivity index (χ3v) is 1.68. The Hall–Kier alpha value is -0.610. The number of rotatable bonds is 7. The lowest BCUT2D eigenvalue weighted by Crippen LogP contribution is -2.34. The molecule has 0 unspecified atom stereocenters. The fraction of sp³-hybridized carbons (Fsp3) is 0.889. The molecular weight excluding hydrogens is 166 g/mol. The number of nitrogens with one attached hydrogen (secondary N) is 2. The molecule has 0 saturated heterocycles. The van der Waals surface area contributed by atoms with Gasteiger partial charge < -0.3 is 15.5 Å². The van der Waals surface area contributed by atoms with E-state index < -0.39 is 0 Å². The Morgan fingerprint density at radius 2 is 2.00 bits per heavy atom. The van der Waals surface area contributed by atoms with Crippen LogP contribution in [-0.4, -0.2) is 51.1 Å². The van der Waals surface area contributed by atoms with E-state index in [0.29, 0.717) is 6.42 Å². The highest BCUT2D eigenvalue weighted by Gasteiger charge is 1.94. The molecule has 0 bridgehead atoms. The van der Waals surface area contributed by atoms with Crippen LogP contribution >= 0.6 is 0 Å². The highest BCUT2D eigenvalue weighted by molar-refractivity contribution is 5.75. The van der Waals surface area contributed by atoms with Crippen molar-refractivity contribution in [1.82, 2.24) is 15.5 Å². The first-order chi connectivity index (χ1) is 6.16. The molecule has 0 fully saturated rings. The van der Waals surface area contributed by atoms with Gasteiger partial charge in [-0.1, -0.05) is 6.92 Å². The van der Waals surface area contributed by atoms with E-state index in [0.717, 1.165) is 26.2 Å². The van der Waals surface area contributed by atoms with Crippen molar-refractivity contribution in [3.8, 4) is 0 Å². The molecule has 0 radical (unpaired) electrons. The Balaban J connectivity index is -0.000000720. The van der Waals surface area contributed by atoms with Crippen molar-refractivity contribution in [2.24, 2.45) is 0 Å². The molecule has 4 heteroatoms. The second-order valence-electron chi connectivity index (χ2n) is 3.26. The van der Waals surface area contributed by atoms with Crippen molar-refractivity contribution in [2.75, 3.05) is 40.3 Å². The lowest BCUT2D eigenvalue weighted by Gasteiger charge is -2.10. The Morgan fingerprint density at radius 3 is 2.54 bits per heavy atom. The lowest BCUT2D eigenvalue weighted by atomic mass is 10.4. The van der Waals surface area contributed by atoms with Gasteiger partial charge in [-0.3, -0.25) is 4.79 Å². The van der Waals surface area contributed by atoms with Crippen LogP contribution < -0.4 is 10.6 Å². The minimum atomic E-state index is 0. The van der Waals surface area contributed by atoms with Gasteiger partial charge in [0.25, 0.3) is 0 Å². The van der Waals surface area contributed by atoms with Crippen molar-refractivity contribution >= 4 is 5.91 Å². The van der Waals surface area contributed by atoms with Gasteiger partial charge in [0.05, 0.1) is 0 Å². The number of amides is 1. The number of nitrogens with zero attached hydrogens (tertiary/aromatic N) is 1. The minimum absolute atomic E-state index is 0. The van der Waals surface area contributed by atoms with Gasteiger partial charge in [0.1, 0.15) is 0 Å². The van der Waals surface area contributed by atoms with E-state index >= 15 is 0 Å². The lowest BCUT2D eigenvalue weighted by molar-refractivity contribution is -0.120. The third-order valence-electron chi connectivity index (χ3n) is 1.68. The van der Waals surface area contributed by atoms with Crippen molar-refractivity contribution in [1.29, 1.82) is 0 Å². The van der Waals surface area contributed by atoms with Gasteiger partial charge in [0.15, 0.2) is 0 Å². The van der Waals surface area contributed by atoms with Crippen LogP contribution in [0.25, 0.3) is 0 Å². The molecule has 82 valence electrons. The van der Waals surface area contributed by atoms with Crippen LogP contribution in [0.1, 0.15) is 16.2 Å². The molecule has 0 heterocycles. The van der Waals surface area contributed by atoms with E-state index in [2.05, 4.69) is 15.5 Å². The zero-order valence-corrected chi connectivity index (χ0v) is 8.89. The third kappa shape index (κ3) is 9.30. The van der Waals surface area contributed by atoms with Crippen LogP contribution in [0.15, 0.2) is 0 Å². The summed E-state index contributed by atoms with van der Waals surface area (Å²) in [7, 11) is 4.08. The highest BCUT2D eigenvalue weighted by Crippen LogP contribution is 1.73. The normalized spacial score (nSPS) is 10.5. The largest absolute Gasteiger partial charge is 0.355 e. The van der Waals surface area contributed by atoms with E-state index in [-0.39, 0.29) is 8.76 Å². The van der Waals surface area contributed by atoms with Crippen molar-refractivity contribution in [3.05, 3.63) is 0 Å². The minimum Gasteiger partial charge on any atom is -0.355 e. The molecule has 2 N–H and O–H groups in total. The van der Waals surface area contributed by atoms with Gasteiger partial charge in [-0.05, 0) is 14.1 Å². The molecule has 13 heavy (non-hydrogen) atoms. The summed E-state index contributed by atoms with van der Waals surface area (Å²) >= 11 is 0. The molecule has 0 aliphatic rings. The predicted octanol–water partition coefficient (Wildman–Crippen LogP) is 0.156. The standard InChI is InChI=1S/C9H21N3O.2H2/c1-4-9(13)11-6-5-10-7-8-12(2)3;;/h10H,4-8H2,1-3H3,(H,11,13);2*1H. The Kier molecular flexibility index (Phi) is 7.63. The van der Waals surface area contributed by atoms with E-state index in [1.54, 1.807) is 0 Å². The smallest absolute Gasteiger partial charge is 0.219 e. The molecule has 0 saturated carbocycles. The Bertz CT molecular complexity index is 145. The molecule has 0 atom stereocenters. The predicted molar refractivity (Wildman–Crippen MR) is 59.0 cm³/mol. The Labute approximate surface area is 83.6 Å². The van der Waals surface area contributed by atoms with Gasteiger partial charge in [-0.25, -0.2) is 0 Å². The summed E-state index contributed by atoms with van der Waals surface area (Å²) in [6.07, 6.45) is 0.567. The van der Waals surface area contributed by atoms with Gasteiger partial charge >= 0.3 is 0 Å². The van der Waals surface area contributed by atoms with Crippen LogP contribution in [0.5, 0.6) is 0 Å². The molecule has 0 aromatic heterocycles. The zero-order chi connectivity index (χ0) is 10.1. The molecular formula is C9H25N3O. The fourth-order valence-corrected chi connectivity index (χ4v) is 0.843. The summed E-state index contributed by atoms with van der Waals surface area (Å²) in [5.74, 6) is 0.120. The summed E-state index contributed by atoms with van der Waals surface area (Å²) < 4.78 is 0. The molecule has 0 aromatic carbocycles. The average Bonchev–Trinajstić information content (AvgIpc) is 2.10. The number of carbonyl (C=O) groups is 1. The quantitative estimate of drug-likeness (QED) is 0.563. The van der Waals surface area contributed by atoms with Crippen LogP contribution in [0, 0.1) is 0 Å². The average molecular weight is 191 g/mol. The Morgan fingerprint density at radius 1 is 1.31 bits per heavy atom. The molecule has 0 aliphatic heterocycles. The number of likely N-dealkylation sites (N-methyl/N-ethyl adjacent to an activating group) is 1. The first-order valence-electron chi connectivity index (χ1n) is 4.79. The maximum atomic E-state index is 10.8. The monoisotopic (exact) mass is 191 g/mol. The number of carbonyl (C=O) groups excluding carboxylic acids is 1. The first-order valence-corrected chi connectivity index (χ1v) is 4.79. The zero-order valence-electron chi connectivity index (χ0n) is 8.89. The molecule has 0 aromatic rings. The molecule has 0 rings (SSSR count). The van der Waals surface area contributed by atoms with Crippen LogP contribution in [-0.2, 0) is 4.79 Å². The number of hydrogen-bond acceptors (Lipinski definition) is 3. The van der Waals surface area contributed by atoms with Gasteiger partial charge in [-0.15, -0.1) is 0 Å². The van der Waals surface area contributed by atoms with E-state index in [9.17, 15) is 4.79 Å². The van der Waals surface area contributed by atoms with Gasteiger partial charge in [0, 0.05) is 35.5 Å². The second-order valence-corrected chi connectivity index (χ2v) is 3.26. The molecule has 0 spiro atoms. The number of hydrogen-bond donors (Lipinski definition) is 2. The summed E-state index contributed by atoms with van der Waals surface area (Å²) in [6, 6.07) is 0. The van der Waals surface area contributed by atoms with Crippen LogP contribution in [0.4, 0.5) is 0 Å². The van der Waals surface area contributed by atoms with Crippen LogP contribution in [0.3, 0.4) is 0 Å². The SMILES string of the molecule is CCC(=O)NCCNCCN(C)C.[HH].[HH]. The van der Waals surface area contributed by atoms with Gasteiger partial charge in [-0.2, -0.15) is 0 Å². The summed E-state index contributed by atoms with van der Waals surface area (Å²) in [5, 5.41) is 6.05. The highest BCUT2D eigenvalue weighted by atomic mass is 16.1. The topological polar surface area (TPSA) is 44.4 Å². The first kappa shape index (κ1) is 12.4. The maximum Gasteiger partial charge on any atom is 0.219 e. The molecule has 4 nitrogen and oxygen atoms in total. The maximum absolute atomic E-state index is 10.8. The van der Waals surface area contributed by atoms with Gasteiger partial charge in [0.2, 0.25) is 5.91 Å². The van der Waals surface area contributed by atoms with Crippen LogP contribution in [0.2, 0.25) is 0 Å². The van der Waals surface area contributed by atoms with Crippen molar-refractivity contribution < 1.29 is 7.65 Å². The van der Waals surface area contributed by atoms with Crippen molar-refractivity contribution in [2.45, 2.75) is 13.3 Å². The van der Waals surface area contributed by atoms with E-state index in [1.807, 2.05) is 21.0 Å². The molecule has 0 aliphatic carbocycles. The summed E-state index contributed by atoms with van der Waals surface area (Å²) in [5.41, 5.74) is 0. The molecule has 1 amide bonds. The summed E-state index contributed by atoms with van der Waals surface area (Å²) in [4.78, 5) is 12.9. The van der Waals surface area contributed by atoms with E-state index in [1.165, 1.54) is 0 Å². The van der Waals surface area contributed by atoms with E-state index in [4.69, 9.17) is 0 Å². The second kappa shape index (κ2) is 8.01.